The number of aryl methyl sites for hydroxylation is 1. The molecule has 10 nitrogen and oxygen atoms in total. The van der Waals surface area contributed by atoms with E-state index >= 15 is 0 Å². The summed E-state index contributed by atoms with van der Waals surface area (Å²) in [6.07, 6.45) is 12.5. The lowest BCUT2D eigenvalue weighted by Gasteiger charge is -2.48. The van der Waals surface area contributed by atoms with Crippen molar-refractivity contribution >= 4 is 40.0 Å². The number of likely N-dealkylation sites (tertiary alicyclic amines) is 1. The average molecular weight is 702 g/mol. The van der Waals surface area contributed by atoms with Crippen LogP contribution in [0.5, 0.6) is 0 Å². The van der Waals surface area contributed by atoms with Crippen LogP contribution in [-0.2, 0) is 14.9 Å². The quantitative estimate of drug-likeness (QED) is 0.197. The number of nitrogens with one attached hydrogen (secondary N) is 2. The van der Waals surface area contributed by atoms with Gasteiger partial charge in [0.2, 0.25) is 5.91 Å². The molecule has 4 fully saturated rings. The van der Waals surface area contributed by atoms with Crippen LogP contribution in [-0.4, -0.2) is 75.7 Å². The Labute approximate surface area is 306 Å². The highest BCUT2D eigenvalue weighted by Crippen LogP contribution is 2.52. The van der Waals surface area contributed by atoms with Crippen LogP contribution in [0.15, 0.2) is 48.8 Å². The van der Waals surface area contributed by atoms with Crippen LogP contribution in [0.4, 0.5) is 17.2 Å². The molecule has 2 aliphatic carbocycles. The van der Waals surface area contributed by atoms with Crippen molar-refractivity contribution in [2.24, 2.45) is 0 Å². The van der Waals surface area contributed by atoms with Gasteiger partial charge in [0.25, 0.3) is 5.91 Å². The van der Waals surface area contributed by atoms with E-state index in [0.29, 0.717) is 30.6 Å². The first-order valence-corrected chi connectivity index (χ1v) is 19.7. The van der Waals surface area contributed by atoms with Crippen molar-refractivity contribution in [3.63, 3.8) is 0 Å². The second-order valence-electron chi connectivity index (χ2n) is 16.2. The summed E-state index contributed by atoms with van der Waals surface area (Å²) in [7, 11) is 0. The summed E-state index contributed by atoms with van der Waals surface area (Å²) in [5, 5.41) is 6.79. The number of pyridine rings is 1. The third-order valence-corrected chi connectivity index (χ3v) is 12.7. The summed E-state index contributed by atoms with van der Waals surface area (Å²) in [4.78, 5) is 42.8. The first-order chi connectivity index (χ1) is 25.3. The van der Waals surface area contributed by atoms with E-state index in [1.807, 2.05) is 31.5 Å². The fraction of sp³-hybridized carbons (Fsp3) is 0.524. The second kappa shape index (κ2) is 13.3. The Balaban J connectivity index is 1.08. The minimum Gasteiger partial charge on any atom is -0.381 e. The molecule has 9 rings (SSSR count). The highest BCUT2D eigenvalue weighted by molar-refractivity contribution is 6.09. The number of anilines is 3. The molecule has 10 heteroatoms. The minimum atomic E-state index is -0.517. The van der Waals surface area contributed by atoms with Gasteiger partial charge in [-0.1, -0.05) is 24.6 Å². The molecule has 0 unspecified atom stereocenters. The van der Waals surface area contributed by atoms with Crippen LogP contribution < -0.4 is 15.5 Å². The van der Waals surface area contributed by atoms with E-state index in [0.717, 1.165) is 83.3 Å². The second-order valence-corrected chi connectivity index (χ2v) is 16.2. The molecule has 5 heterocycles. The van der Waals surface area contributed by atoms with Crippen LogP contribution in [0.1, 0.15) is 106 Å². The lowest BCUT2D eigenvalue weighted by atomic mass is 9.75. The van der Waals surface area contributed by atoms with Crippen LogP contribution >= 0.6 is 0 Å². The monoisotopic (exact) mass is 701 g/mol. The van der Waals surface area contributed by atoms with Gasteiger partial charge in [-0.3, -0.25) is 9.59 Å². The summed E-state index contributed by atoms with van der Waals surface area (Å²) >= 11 is 0. The van der Waals surface area contributed by atoms with Crippen LogP contribution in [0.25, 0.3) is 22.3 Å². The van der Waals surface area contributed by atoms with Gasteiger partial charge in [0.1, 0.15) is 5.52 Å². The Morgan fingerprint density at radius 1 is 0.962 bits per heavy atom. The number of imidazole rings is 1. The highest BCUT2D eigenvalue weighted by atomic mass is 16.5. The zero-order chi connectivity index (χ0) is 35.6. The Kier molecular flexibility index (Phi) is 8.57. The van der Waals surface area contributed by atoms with E-state index in [-0.39, 0.29) is 29.9 Å². The molecule has 2 amide bonds. The molecule has 2 N–H and O–H groups in total. The number of ether oxygens (including phenoxy) is 1. The molecule has 272 valence electrons. The summed E-state index contributed by atoms with van der Waals surface area (Å²) in [6, 6.07) is 15.7. The van der Waals surface area contributed by atoms with E-state index in [4.69, 9.17) is 14.7 Å². The number of aromatic nitrogens is 3. The third kappa shape index (κ3) is 5.69. The number of rotatable bonds is 8. The van der Waals surface area contributed by atoms with Gasteiger partial charge in [-0.2, -0.15) is 0 Å². The number of carbonyl (C=O) groups excluding carboxylic acids is 2. The Morgan fingerprint density at radius 2 is 1.75 bits per heavy atom. The molecule has 1 spiro atoms. The van der Waals surface area contributed by atoms with Gasteiger partial charge in [0, 0.05) is 59.9 Å². The molecule has 2 saturated heterocycles. The zero-order valence-electron chi connectivity index (χ0n) is 30.8. The maximum Gasteiger partial charge on any atom is 0.251 e. The normalized spacial score (nSPS) is 23.2. The number of hydrogen-bond acceptors (Lipinski definition) is 7. The van der Waals surface area contributed by atoms with Gasteiger partial charge >= 0.3 is 0 Å². The number of amides is 2. The van der Waals surface area contributed by atoms with E-state index in [9.17, 15) is 9.59 Å². The topological polar surface area (TPSA) is 105 Å². The molecular formula is C42H51N7O3. The molecule has 3 aliphatic heterocycles. The molecule has 5 aliphatic rings. The molecule has 0 atom stereocenters. The summed E-state index contributed by atoms with van der Waals surface area (Å²) < 4.78 is 7.93. The smallest absolute Gasteiger partial charge is 0.251 e. The lowest BCUT2D eigenvalue weighted by molar-refractivity contribution is -0.127. The molecule has 52 heavy (non-hydrogen) atoms. The SMILES string of the molecule is Cc1ccc(Nc2nc(-c3ccc4c(c3)N(C3CC(N5CCCCC5)C3)C(=O)C43CCOCC3)cc3ncn(C(C)C)c23)cc1C(=O)NC1CCC1. The maximum atomic E-state index is 14.6. The number of benzene rings is 2. The van der Waals surface area contributed by atoms with Crippen LogP contribution in [0, 0.1) is 6.92 Å². The minimum absolute atomic E-state index is 0.0295. The van der Waals surface area contributed by atoms with Gasteiger partial charge in [0.15, 0.2) is 5.82 Å². The fourth-order valence-electron chi connectivity index (χ4n) is 9.25. The van der Waals surface area contributed by atoms with Crippen molar-refractivity contribution in [2.75, 3.05) is 36.5 Å². The predicted octanol–water partition coefficient (Wildman–Crippen LogP) is 7.43. The first-order valence-electron chi connectivity index (χ1n) is 19.7. The molecule has 0 bridgehead atoms. The summed E-state index contributed by atoms with van der Waals surface area (Å²) in [6.45, 7) is 9.84. The first kappa shape index (κ1) is 33.5. The summed E-state index contributed by atoms with van der Waals surface area (Å²) in [5.74, 6) is 0.909. The largest absolute Gasteiger partial charge is 0.381 e. The molecule has 0 radical (unpaired) electrons. The molecule has 2 aromatic heterocycles. The number of piperidine rings is 1. The number of carbonyl (C=O) groups is 2. The number of nitrogens with zero attached hydrogens (tertiary/aromatic N) is 5. The van der Waals surface area contributed by atoms with E-state index in [1.54, 1.807) is 0 Å². The van der Waals surface area contributed by atoms with Gasteiger partial charge in [-0.15, -0.1) is 0 Å². The van der Waals surface area contributed by atoms with E-state index < -0.39 is 5.41 Å². The predicted molar refractivity (Wildman–Crippen MR) is 204 cm³/mol. The Morgan fingerprint density at radius 3 is 2.48 bits per heavy atom. The third-order valence-electron chi connectivity index (χ3n) is 12.7. The van der Waals surface area contributed by atoms with Gasteiger partial charge in [-0.05, 0) is 127 Å². The number of hydrogen-bond donors (Lipinski definition) is 2. The van der Waals surface area contributed by atoms with Crippen LogP contribution in [0.3, 0.4) is 0 Å². The lowest BCUT2D eigenvalue weighted by Crippen LogP contribution is -2.57. The molecule has 2 saturated carbocycles. The van der Waals surface area contributed by atoms with Crippen molar-refractivity contribution in [1.29, 1.82) is 0 Å². The van der Waals surface area contributed by atoms with Crippen molar-refractivity contribution in [1.82, 2.24) is 24.8 Å². The van der Waals surface area contributed by atoms with Crippen molar-refractivity contribution in [3.05, 3.63) is 65.5 Å². The Bertz CT molecular complexity index is 2020. The van der Waals surface area contributed by atoms with Gasteiger partial charge in [0.05, 0.1) is 23.0 Å². The molecule has 4 aromatic rings. The molecular weight excluding hydrogens is 651 g/mol. The molecule has 2 aromatic carbocycles. The summed E-state index contributed by atoms with van der Waals surface area (Å²) in [5.41, 5.74) is 7.58. The standard InChI is InChI=1S/C42H51N7O3/c1-26(2)48-25-43-36-24-35(46-39(38(36)48)44-30-12-10-27(3)33(21-30)40(50)45-29-8-7-9-29)28-11-13-34-37(20-28)49(41(51)42(34)14-18-52-19-15-42)32-22-31(23-32)47-16-5-4-6-17-47/h10-13,20-21,24-26,29,31-32H,4-9,14-19,22-23H2,1-3H3,(H,44,46)(H,45,50). The van der Waals surface area contributed by atoms with Crippen molar-refractivity contribution in [2.45, 2.75) is 115 Å². The zero-order valence-corrected chi connectivity index (χ0v) is 30.8. The highest BCUT2D eigenvalue weighted by Gasteiger charge is 2.55. The van der Waals surface area contributed by atoms with Crippen LogP contribution in [0.2, 0.25) is 0 Å². The van der Waals surface area contributed by atoms with Crippen molar-refractivity contribution < 1.29 is 14.3 Å². The average Bonchev–Trinajstić information content (AvgIpc) is 3.65. The van der Waals surface area contributed by atoms with Gasteiger partial charge in [-0.25, -0.2) is 9.97 Å². The number of fused-ring (bicyclic) bond motifs is 3. The fourth-order valence-corrected chi connectivity index (χ4v) is 9.25. The van der Waals surface area contributed by atoms with Gasteiger partial charge < -0.3 is 29.7 Å². The Hall–Kier alpha value is -4.28. The van der Waals surface area contributed by atoms with E-state index in [1.165, 1.54) is 38.8 Å². The van der Waals surface area contributed by atoms with E-state index in [2.05, 4.69) is 63.1 Å². The maximum absolute atomic E-state index is 14.6. The van der Waals surface area contributed by atoms with Crippen molar-refractivity contribution in [3.8, 4) is 11.3 Å².